The predicted octanol–water partition coefficient (Wildman–Crippen LogP) is 6.84. The summed E-state index contributed by atoms with van der Waals surface area (Å²) in [6, 6.07) is 11.0. The highest BCUT2D eigenvalue weighted by molar-refractivity contribution is 6.30. The number of aliphatic imine (C=N–C) groups is 1. The van der Waals surface area contributed by atoms with Crippen LogP contribution in [0.3, 0.4) is 0 Å². The van der Waals surface area contributed by atoms with Crippen molar-refractivity contribution in [1.29, 1.82) is 0 Å². The topological polar surface area (TPSA) is 72.7 Å². The SMILES string of the molecule is C=N/C(=C\C=C/CCC1(CCNC)CC1c1nc2cc(NC)ccc2n1CC1CCO1)OCc1ccc(Cl)cc1F. The van der Waals surface area contributed by atoms with Crippen LogP contribution in [0.25, 0.3) is 11.0 Å². The van der Waals surface area contributed by atoms with Gasteiger partial charge in [0.15, 0.2) is 0 Å². The van der Waals surface area contributed by atoms with Crippen LogP contribution in [0.1, 0.15) is 49.4 Å². The number of fused-ring (bicyclic) bond motifs is 1. The Bertz CT molecular complexity index is 1430. The zero-order chi connectivity index (χ0) is 28.8. The smallest absolute Gasteiger partial charge is 0.212 e. The summed E-state index contributed by atoms with van der Waals surface area (Å²) in [5, 5.41) is 6.94. The number of halogens is 2. The molecule has 2 fully saturated rings. The number of imidazole rings is 1. The van der Waals surface area contributed by atoms with Gasteiger partial charge in [-0.1, -0.05) is 29.8 Å². The van der Waals surface area contributed by atoms with Gasteiger partial charge in [-0.15, -0.1) is 0 Å². The third-order valence-electron chi connectivity index (χ3n) is 8.35. The van der Waals surface area contributed by atoms with Gasteiger partial charge in [-0.25, -0.2) is 14.4 Å². The molecule has 1 saturated carbocycles. The van der Waals surface area contributed by atoms with Gasteiger partial charge in [-0.3, -0.25) is 0 Å². The number of ether oxygens (including phenoxy) is 2. The first-order chi connectivity index (χ1) is 20.0. The Morgan fingerprint density at radius 1 is 1.29 bits per heavy atom. The van der Waals surface area contributed by atoms with Crippen molar-refractivity contribution < 1.29 is 13.9 Å². The molecule has 1 aromatic heterocycles. The van der Waals surface area contributed by atoms with E-state index >= 15 is 0 Å². The molecule has 0 bridgehead atoms. The monoisotopic (exact) mass is 579 g/mol. The van der Waals surface area contributed by atoms with E-state index in [-0.39, 0.29) is 18.1 Å². The van der Waals surface area contributed by atoms with E-state index in [0.29, 0.717) is 22.4 Å². The normalized spacial score (nSPS) is 22.2. The van der Waals surface area contributed by atoms with Crippen molar-refractivity contribution in [1.82, 2.24) is 14.9 Å². The van der Waals surface area contributed by atoms with Crippen LogP contribution in [-0.4, -0.2) is 49.6 Å². The van der Waals surface area contributed by atoms with Gasteiger partial charge in [0.05, 0.1) is 23.7 Å². The average molecular weight is 580 g/mol. The van der Waals surface area contributed by atoms with E-state index in [9.17, 15) is 4.39 Å². The molecule has 2 heterocycles. The Balaban J connectivity index is 1.26. The number of nitrogens with one attached hydrogen (secondary N) is 2. The summed E-state index contributed by atoms with van der Waals surface area (Å²) in [5.41, 5.74) is 3.89. The second-order valence-corrected chi connectivity index (χ2v) is 11.4. The van der Waals surface area contributed by atoms with Crippen molar-refractivity contribution in [3.8, 4) is 0 Å². The fourth-order valence-corrected chi connectivity index (χ4v) is 5.87. The Kier molecular flexibility index (Phi) is 9.42. The van der Waals surface area contributed by atoms with Crippen molar-refractivity contribution in [2.24, 2.45) is 10.4 Å². The molecule has 1 saturated heterocycles. The molecule has 7 nitrogen and oxygen atoms in total. The molecule has 1 aliphatic carbocycles. The number of benzene rings is 2. The zero-order valence-electron chi connectivity index (χ0n) is 23.8. The van der Waals surface area contributed by atoms with E-state index in [2.05, 4.69) is 51.2 Å². The van der Waals surface area contributed by atoms with Crippen molar-refractivity contribution in [3.05, 3.63) is 82.7 Å². The number of rotatable bonds is 15. The van der Waals surface area contributed by atoms with Crippen LogP contribution in [0, 0.1) is 11.2 Å². The highest BCUT2D eigenvalue weighted by Crippen LogP contribution is 2.64. The van der Waals surface area contributed by atoms with Gasteiger partial charge < -0.3 is 24.7 Å². The Labute approximate surface area is 246 Å². The summed E-state index contributed by atoms with van der Waals surface area (Å²) in [5.74, 6) is 1.54. The quantitative estimate of drug-likeness (QED) is 0.117. The highest BCUT2D eigenvalue weighted by Gasteiger charge is 2.55. The van der Waals surface area contributed by atoms with Gasteiger partial charge in [0.1, 0.15) is 18.2 Å². The van der Waals surface area contributed by atoms with Gasteiger partial charge in [0.2, 0.25) is 5.88 Å². The van der Waals surface area contributed by atoms with Gasteiger partial charge in [0, 0.05) is 35.8 Å². The molecule has 1 aliphatic heterocycles. The highest BCUT2D eigenvalue weighted by atomic mass is 35.5. The molecular formula is C32H39ClFN5O2. The number of hydrogen-bond donors (Lipinski definition) is 2. The predicted molar refractivity (Wildman–Crippen MR) is 164 cm³/mol. The number of aromatic nitrogens is 2. The van der Waals surface area contributed by atoms with Gasteiger partial charge in [-0.2, -0.15) is 0 Å². The summed E-state index contributed by atoms with van der Waals surface area (Å²) in [4.78, 5) is 9.12. The fraction of sp³-hybridized carbons (Fsp3) is 0.438. The minimum absolute atomic E-state index is 0.0548. The lowest BCUT2D eigenvalue weighted by atomic mass is 9.92. The summed E-state index contributed by atoms with van der Waals surface area (Å²) in [7, 11) is 3.95. The van der Waals surface area contributed by atoms with E-state index in [1.54, 1.807) is 18.2 Å². The molecule has 41 heavy (non-hydrogen) atoms. The maximum atomic E-state index is 14.1. The summed E-state index contributed by atoms with van der Waals surface area (Å²) in [6.45, 7) is 6.30. The van der Waals surface area contributed by atoms with Crippen molar-refractivity contribution >= 4 is 35.0 Å². The third-order valence-corrected chi connectivity index (χ3v) is 8.59. The fourth-order valence-electron chi connectivity index (χ4n) is 5.71. The molecule has 0 radical (unpaired) electrons. The van der Waals surface area contributed by atoms with Crippen molar-refractivity contribution in [3.63, 3.8) is 0 Å². The summed E-state index contributed by atoms with van der Waals surface area (Å²) in [6.07, 6.45) is 11.4. The van der Waals surface area contributed by atoms with Crippen LogP contribution in [0.2, 0.25) is 5.02 Å². The molecular weight excluding hydrogens is 541 g/mol. The molecule has 9 heteroatoms. The lowest BCUT2D eigenvalue weighted by molar-refractivity contribution is -0.0590. The van der Waals surface area contributed by atoms with Crippen LogP contribution >= 0.6 is 11.6 Å². The summed E-state index contributed by atoms with van der Waals surface area (Å²) >= 11 is 5.83. The van der Waals surface area contributed by atoms with Crippen LogP contribution in [0.15, 0.2) is 65.5 Å². The second-order valence-electron chi connectivity index (χ2n) is 10.9. The van der Waals surface area contributed by atoms with E-state index in [1.807, 2.05) is 20.2 Å². The lowest BCUT2D eigenvalue weighted by Crippen LogP contribution is -2.31. The van der Waals surface area contributed by atoms with Gasteiger partial charge >= 0.3 is 0 Å². The molecule has 3 unspecified atom stereocenters. The first kappa shape index (κ1) is 29.3. The van der Waals surface area contributed by atoms with Crippen LogP contribution in [0.5, 0.6) is 0 Å². The summed E-state index contributed by atoms with van der Waals surface area (Å²) < 4.78 is 27.9. The number of anilines is 1. The maximum Gasteiger partial charge on any atom is 0.212 e. The standard InChI is InChI=1S/C32H39ClFN5O2/c1-35-15-14-32(13-6-4-5-7-30(37-3)41-21-22-8-9-23(33)17-27(22)34)19-26(32)31-38-28-18-24(36-2)10-11-29(28)39(31)20-25-12-16-40-25/h4-5,7-11,17-18,25-26,35-36H,3,6,12-16,19-21H2,1-2H3/b5-4-,30-7+. The van der Waals surface area contributed by atoms with E-state index in [0.717, 1.165) is 63.0 Å². The van der Waals surface area contributed by atoms with Crippen molar-refractivity contribution in [2.45, 2.75) is 57.3 Å². The minimum Gasteiger partial charge on any atom is -0.473 e. The second kappa shape index (κ2) is 13.2. The van der Waals surface area contributed by atoms with E-state index < -0.39 is 5.82 Å². The molecule has 5 rings (SSSR count). The molecule has 2 N–H and O–H groups in total. The van der Waals surface area contributed by atoms with Crippen LogP contribution in [-0.2, 0) is 22.6 Å². The molecule has 2 aliphatic rings. The maximum absolute atomic E-state index is 14.1. The van der Waals surface area contributed by atoms with Gasteiger partial charge in [0.25, 0.3) is 0 Å². The molecule has 0 amide bonds. The molecule has 3 aromatic rings. The molecule has 3 atom stereocenters. The van der Waals surface area contributed by atoms with E-state index in [1.165, 1.54) is 17.4 Å². The first-order valence-corrected chi connectivity index (χ1v) is 14.7. The lowest BCUT2D eigenvalue weighted by Gasteiger charge is -2.28. The number of hydrogen-bond acceptors (Lipinski definition) is 6. The Morgan fingerprint density at radius 3 is 2.85 bits per heavy atom. The van der Waals surface area contributed by atoms with Crippen LogP contribution in [0.4, 0.5) is 10.1 Å². The molecule has 218 valence electrons. The van der Waals surface area contributed by atoms with E-state index in [4.69, 9.17) is 26.1 Å². The van der Waals surface area contributed by atoms with Crippen LogP contribution < -0.4 is 10.6 Å². The molecule has 0 spiro atoms. The number of allylic oxidation sites excluding steroid dienone is 3. The largest absolute Gasteiger partial charge is 0.473 e. The number of nitrogens with zero attached hydrogens (tertiary/aromatic N) is 3. The van der Waals surface area contributed by atoms with Crippen molar-refractivity contribution in [2.75, 3.05) is 32.6 Å². The zero-order valence-corrected chi connectivity index (χ0v) is 24.6. The average Bonchev–Trinajstić information content (AvgIpc) is 3.55. The third kappa shape index (κ3) is 6.83. The molecule has 2 aromatic carbocycles. The minimum atomic E-state index is -0.404. The first-order valence-electron chi connectivity index (χ1n) is 14.3. The Morgan fingerprint density at radius 2 is 2.15 bits per heavy atom. The Hall–Kier alpha value is -3.20. The van der Waals surface area contributed by atoms with Gasteiger partial charge in [-0.05, 0) is 94.2 Å².